The van der Waals surface area contributed by atoms with E-state index in [1.165, 1.54) is 6.07 Å². The van der Waals surface area contributed by atoms with Crippen molar-refractivity contribution in [3.05, 3.63) is 35.4 Å². The van der Waals surface area contributed by atoms with Crippen molar-refractivity contribution in [2.45, 2.75) is 25.7 Å². The number of amides is 1. The van der Waals surface area contributed by atoms with Crippen LogP contribution < -0.4 is 5.32 Å². The Morgan fingerprint density at radius 1 is 1.19 bits per heavy atom. The van der Waals surface area contributed by atoms with Crippen LogP contribution in [0.2, 0.25) is 0 Å². The second kappa shape index (κ2) is 5.72. The number of nitrogens with zero attached hydrogens (tertiary/aromatic N) is 1. The molecule has 2 heterocycles. The van der Waals surface area contributed by atoms with E-state index in [9.17, 15) is 13.6 Å². The molecule has 114 valence electrons. The van der Waals surface area contributed by atoms with Gasteiger partial charge in [-0.15, -0.1) is 0 Å². The van der Waals surface area contributed by atoms with Crippen LogP contribution in [0.4, 0.5) is 8.78 Å². The second-order valence-corrected chi connectivity index (χ2v) is 6.21. The molecule has 2 aliphatic rings. The second-order valence-electron chi connectivity index (χ2n) is 6.21. The summed E-state index contributed by atoms with van der Waals surface area (Å²) in [4.78, 5) is 14.1. The molecule has 1 amide bonds. The summed E-state index contributed by atoms with van der Waals surface area (Å²) >= 11 is 0. The molecule has 1 atom stereocenters. The lowest BCUT2D eigenvalue weighted by molar-refractivity contribution is 0.0426. The van der Waals surface area contributed by atoms with Gasteiger partial charge in [-0.05, 0) is 44.4 Å². The van der Waals surface area contributed by atoms with Gasteiger partial charge in [-0.25, -0.2) is 8.78 Å². The number of rotatable bonds is 1. The van der Waals surface area contributed by atoms with Crippen LogP contribution in [-0.4, -0.2) is 37.0 Å². The van der Waals surface area contributed by atoms with Gasteiger partial charge in [0.2, 0.25) is 0 Å². The number of halogens is 2. The Hall–Kier alpha value is -1.49. The third-order valence-electron chi connectivity index (χ3n) is 4.69. The minimum Gasteiger partial charge on any atom is -0.338 e. The minimum atomic E-state index is -0.776. The number of nitrogens with one attached hydrogen (secondary N) is 1. The van der Waals surface area contributed by atoms with Gasteiger partial charge in [0.25, 0.3) is 5.91 Å². The summed E-state index contributed by atoms with van der Waals surface area (Å²) in [5.41, 5.74) is -0.341. The van der Waals surface area contributed by atoms with Crippen LogP contribution in [0.1, 0.15) is 36.0 Å². The summed E-state index contributed by atoms with van der Waals surface area (Å²) < 4.78 is 27.6. The van der Waals surface area contributed by atoms with Crippen molar-refractivity contribution in [3.8, 4) is 0 Å². The van der Waals surface area contributed by atoms with Crippen molar-refractivity contribution in [1.82, 2.24) is 10.2 Å². The van der Waals surface area contributed by atoms with Crippen LogP contribution in [0.5, 0.6) is 0 Å². The van der Waals surface area contributed by atoms with Crippen molar-refractivity contribution in [1.29, 1.82) is 0 Å². The molecule has 1 unspecified atom stereocenters. The van der Waals surface area contributed by atoms with E-state index in [4.69, 9.17) is 0 Å². The molecule has 3 nitrogen and oxygen atoms in total. The fraction of sp³-hybridized carbons (Fsp3) is 0.562. The monoisotopic (exact) mass is 294 g/mol. The Kier molecular flexibility index (Phi) is 3.93. The minimum absolute atomic E-state index is 0.0773. The molecule has 1 N–H and O–H groups in total. The van der Waals surface area contributed by atoms with Gasteiger partial charge in [0.1, 0.15) is 17.2 Å². The first-order valence-electron chi connectivity index (χ1n) is 7.55. The Morgan fingerprint density at radius 2 is 1.90 bits per heavy atom. The molecular weight excluding hydrogens is 274 g/mol. The highest BCUT2D eigenvalue weighted by molar-refractivity contribution is 5.94. The van der Waals surface area contributed by atoms with Crippen LogP contribution in [0.15, 0.2) is 18.2 Å². The standard InChI is InChI=1S/C16H20F2N2O/c17-12-4-1-5-13(18)14(12)15(21)20-9-3-7-16(11-20)6-2-8-19-10-16/h1,4-5,19H,2-3,6-11H2. The Labute approximate surface area is 123 Å². The zero-order chi connectivity index (χ0) is 14.9. The van der Waals surface area contributed by atoms with E-state index in [-0.39, 0.29) is 5.41 Å². The van der Waals surface area contributed by atoms with Crippen molar-refractivity contribution >= 4 is 5.91 Å². The summed E-state index contributed by atoms with van der Waals surface area (Å²) in [5, 5.41) is 3.38. The first-order chi connectivity index (χ1) is 10.1. The zero-order valence-electron chi connectivity index (χ0n) is 12.0. The number of piperidine rings is 2. The van der Waals surface area contributed by atoms with E-state index >= 15 is 0 Å². The Bertz CT molecular complexity index is 515. The molecule has 1 spiro atoms. The topological polar surface area (TPSA) is 32.3 Å². The van der Waals surface area contributed by atoms with Gasteiger partial charge in [0.05, 0.1) is 0 Å². The first-order valence-corrected chi connectivity index (χ1v) is 7.55. The number of carbonyl (C=O) groups is 1. The van der Waals surface area contributed by atoms with Gasteiger partial charge in [-0.1, -0.05) is 6.07 Å². The van der Waals surface area contributed by atoms with Crippen LogP contribution in [0, 0.1) is 17.0 Å². The summed E-state index contributed by atoms with van der Waals surface area (Å²) in [6, 6.07) is 3.56. The predicted molar refractivity (Wildman–Crippen MR) is 76.0 cm³/mol. The lowest BCUT2D eigenvalue weighted by atomic mass is 9.74. The van der Waals surface area contributed by atoms with Crippen molar-refractivity contribution in [3.63, 3.8) is 0 Å². The molecule has 21 heavy (non-hydrogen) atoms. The molecule has 0 radical (unpaired) electrons. The molecule has 0 aliphatic carbocycles. The molecule has 0 aromatic heterocycles. The van der Waals surface area contributed by atoms with E-state index in [2.05, 4.69) is 5.32 Å². The number of likely N-dealkylation sites (tertiary alicyclic amines) is 1. The normalized spacial score (nSPS) is 26.1. The van der Waals surface area contributed by atoms with Crippen LogP contribution in [0.3, 0.4) is 0 Å². The SMILES string of the molecule is O=C(c1c(F)cccc1F)N1CCCC2(CCCNC2)C1. The average Bonchev–Trinajstić information content (AvgIpc) is 2.48. The van der Waals surface area contributed by atoms with Gasteiger partial charge in [-0.2, -0.15) is 0 Å². The van der Waals surface area contributed by atoms with Gasteiger partial charge >= 0.3 is 0 Å². The van der Waals surface area contributed by atoms with Crippen LogP contribution in [0.25, 0.3) is 0 Å². The molecule has 5 heteroatoms. The smallest absolute Gasteiger partial charge is 0.259 e. The summed E-state index contributed by atoms with van der Waals surface area (Å²) in [6.45, 7) is 3.06. The fourth-order valence-corrected chi connectivity index (χ4v) is 3.62. The quantitative estimate of drug-likeness (QED) is 0.863. The van der Waals surface area contributed by atoms with E-state index < -0.39 is 23.1 Å². The maximum atomic E-state index is 13.8. The highest BCUT2D eigenvalue weighted by Crippen LogP contribution is 2.36. The van der Waals surface area contributed by atoms with E-state index in [0.717, 1.165) is 50.9 Å². The van der Waals surface area contributed by atoms with Gasteiger partial charge in [-0.3, -0.25) is 4.79 Å². The molecule has 2 saturated heterocycles. The predicted octanol–water partition coefficient (Wildman–Crippen LogP) is 2.57. The molecule has 1 aromatic carbocycles. The molecular formula is C16H20F2N2O. The molecule has 0 bridgehead atoms. The van der Waals surface area contributed by atoms with Crippen LogP contribution in [-0.2, 0) is 0 Å². The van der Waals surface area contributed by atoms with Crippen molar-refractivity contribution in [2.24, 2.45) is 5.41 Å². The molecule has 2 fully saturated rings. The lowest BCUT2D eigenvalue weighted by Gasteiger charge is -2.45. The lowest BCUT2D eigenvalue weighted by Crippen LogP contribution is -2.52. The molecule has 0 saturated carbocycles. The number of benzene rings is 1. The van der Waals surface area contributed by atoms with Gasteiger partial charge < -0.3 is 10.2 Å². The number of hydrogen-bond donors (Lipinski definition) is 1. The zero-order valence-corrected chi connectivity index (χ0v) is 12.0. The van der Waals surface area contributed by atoms with Crippen molar-refractivity contribution in [2.75, 3.05) is 26.2 Å². The average molecular weight is 294 g/mol. The largest absolute Gasteiger partial charge is 0.338 e. The number of hydrogen-bond acceptors (Lipinski definition) is 2. The van der Waals surface area contributed by atoms with E-state index in [0.29, 0.717) is 13.1 Å². The molecule has 3 rings (SSSR count). The summed E-state index contributed by atoms with van der Waals surface area (Å²) in [5.74, 6) is -2.07. The highest BCUT2D eigenvalue weighted by atomic mass is 19.1. The molecule has 1 aromatic rings. The number of carbonyl (C=O) groups excluding carboxylic acids is 1. The van der Waals surface area contributed by atoms with Gasteiger partial charge in [0.15, 0.2) is 0 Å². The maximum Gasteiger partial charge on any atom is 0.259 e. The maximum absolute atomic E-state index is 13.8. The van der Waals surface area contributed by atoms with E-state index in [1.807, 2.05) is 0 Å². The van der Waals surface area contributed by atoms with Gasteiger partial charge in [0, 0.05) is 25.0 Å². The molecule has 2 aliphatic heterocycles. The Morgan fingerprint density at radius 3 is 2.57 bits per heavy atom. The Balaban J connectivity index is 1.81. The highest BCUT2D eigenvalue weighted by Gasteiger charge is 2.39. The van der Waals surface area contributed by atoms with Crippen molar-refractivity contribution < 1.29 is 13.6 Å². The van der Waals surface area contributed by atoms with Crippen LogP contribution >= 0.6 is 0 Å². The fourth-order valence-electron chi connectivity index (χ4n) is 3.62. The summed E-state index contributed by atoms with van der Waals surface area (Å²) in [7, 11) is 0. The third-order valence-corrected chi connectivity index (χ3v) is 4.69. The third kappa shape index (κ3) is 2.79. The van der Waals surface area contributed by atoms with E-state index in [1.54, 1.807) is 4.90 Å². The first kappa shape index (κ1) is 14.4. The summed E-state index contributed by atoms with van der Waals surface area (Å²) in [6.07, 6.45) is 4.13.